The summed E-state index contributed by atoms with van der Waals surface area (Å²) in [6.07, 6.45) is 2.30. The fourth-order valence-electron chi connectivity index (χ4n) is 2.90. The Hall–Kier alpha value is -0.640. The van der Waals surface area contributed by atoms with Crippen LogP contribution < -0.4 is 5.32 Å². The number of hydrogen-bond acceptors (Lipinski definition) is 2. The van der Waals surface area contributed by atoms with Gasteiger partial charge < -0.3 is 5.32 Å². The van der Waals surface area contributed by atoms with Crippen LogP contribution in [0.3, 0.4) is 0 Å². The van der Waals surface area contributed by atoms with Crippen LogP contribution in [-0.2, 0) is 0 Å². The van der Waals surface area contributed by atoms with Crippen LogP contribution >= 0.6 is 27.3 Å². The third kappa shape index (κ3) is 4.18. The highest BCUT2D eigenvalue weighted by Gasteiger charge is 2.25. The first-order valence-corrected chi connectivity index (χ1v) is 9.32. The Morgan fingerprint density at radius 1 is 1.19 bits per heavy atom. The summed E-state index contributed by atoms with van der Waals surface area (Å²) >= 11 is 5.47. The first-order chi connectivity index (χ1) is 10.2. The molecular weight excluding hydrogens is 342 g/mol. The van der Waals surface area contributed by atoms with E-state index in [1.807, 2.05) is 11.3 Å². The number of benzene rings is 1. The van der Waals surface area contributed by atoms with Gasteiger partial charge in [-0.15, -0.1) is 11.3 Å². The van der Waals surface area contributed by atoms with Crippen LogP contribution in [0, 0.1) is 6.92 Å². The van der Waals surface area contributed by atoms with Crippen molar-refractivity contribution in [1.82, 2.24) is 5.32 Å². The largest absolute Gasteiger partial charge is 0.309 e. The third-order valence-electron chi connectivity index (χ3n) is 3.95. The van der Waals surface area contributed by atoms with E-state index < -0.39 is 0 Å². The highest BCUT2D eigenvalue weighted by Crippen LogP contribution is 2.39. The minimum atomic E-state index is 0.389. The van der Waals surface area contributed by atoms with Gasteiger partial charge in [-0.1, -0.05) is 44.2 Å². The zero-order chi connectivity index (χ0) is 15.2. The standard InChI is InChI=1S/C18H24BrNS/c1-4-11-20-18(16-12-17(19)21-13(16)3)15(5-2)14-9-7-6-8-10-14/h6-10,12,15,18,20H,4-5,11H2,1-3H3. The number of rotatable bonds is 7. The number of nitrogens with one attached hydrogen (secondary N) is 1. The Morgan fingerprint density at radius 2 is 1.90 bits per heavy atom. The summed E-state index contributed by atoms with van der Waals surface area (Å²) < 4.78 is 1.22. The van der Waals surface area contributed by atoms with E-state index in [1.54, 1.807) is 0 Å². The van der Waals surface area contributed by atoms with Gasteiger partial charge in [-0.25, -0.2) is 0 Å². The lowest BCUT2D eigenvalue weighted by molar-refractivity contribution is 0.435. The molecular formula is C18H24BrNS. The third-order valence-corrected chi connectivity index (χ3v) is 5.51. The molecule has 0 saturated carbocycles. The molecule has 2 atom stereocenters. The van der Waals surface area contributed by atoms with Crippen LogP contribution in [0.5, 0.6) is 0 Å². The van der Waals surface area contributed by atoms with Crippen LogP contribution in [0.15, 0.2) is 40.2 Å². The summed E-state index contributed by atoms with van der Waals surface area (Å²) in [5.41, 5.74) is 2.87. The zero-order valence-electron chi connectivity index (χ0n) is 13.0. The van der Waals surface area contributed by atoms with Crippen LogP contribution in [0.1, 0.15) is 54.7 Å². The molecule has 114 valence electrons. The van der Waals surface area contributed by atoms with Gasteiger partial charge in [0.05, 0.1) is 3.79 Å². The molecule has 0 aliphatic rings. The number of thiophene rings is 1. The van der Waals surface area contributed by atoms with E-state index in [1.165, 1.54) is 19.8 Å². The fraction of sp³-hybridized carbons (Fsp3) is 0.444. The summed E-state index contributed by atoms with van der Waals surface area (Å²) in [6, 6.07) is 13.6. The molecule has 0 aliphatic carbocycles. The van der Waals surface area contributed by atoms with Gasteiger partial charge in [0.15, 0.2) is 0 Å². The molecule has 0 radical (unpaired) electrons. The van der Waals surface area contributed by atoms with E-state index in [9.17, 15) is 0 Å². The molecule has 0 fully saturated rings. The minimum Gasteiger partial charge on any atom is -0.309 e. The Morgan fingerprint density at radius 3 is 2.43 bits per heavy atom. The van der Waals surface area contributed by atoms with Crippen LogP contribution in [0.25, 0.3) is 0 Å². The van der Waals surface area contributed by atoms with Gasteiger partial charge in [-0.3, -0.25) is 0 Å². The Kier molecular flexibility index (Phi) is 6.46. The van der Waals surface area contributed by atoms with Crippen molar-refractivity contribution in [1.29, 1.82) is 0 Å². The molecule has 2 aromatic rings. The van der Waals surface area contributed by atoms with Crippen LogP contribution in [0.2, 0.25) is 0 Å². The van der Waals surface area contributed by atoms with Crippen molar-refractivity contribution >= 4 is 27.3 Å². The van der Waals surface area contributed by atoms with E-state index >= 15 is 0 Å². The average molecular weight is 366 g/mol. The number of aryl methyl sites for hydroxylation is 1. The van der Waals surface area contributed by atoms with Crippen molar-refractivity contribution in [2.45, 2.75) is 45.6 Å². The summed E-state index contributed by atoms with van der Waals surface area (Å²) in [4.78, 5) is 1.41. The van der Waals surface area contributed by atoms with Gasteiger partial charge in [0, 0.05) is 16.8 Å². The van der Waals surface area contributed by atoms with E-state index in [2.05, 4.69) is 78.4 Å². The SMILES string of the molecule is CCCNC(c1cc(Br)sc1C)C(CC)c1ccccc1. The van der Waals surface area contributed by atoms with Crippen molar-refractivity contribution in [3.05, 3.63) is 56.2 Å². The lowest BCUT2D eigenvalue weighted by Gasteiger charge is -2.28. The lowest BCUT2D eigenvalue weighted by atomic mass is 9.85. The molecule has 2 rings (SSSR count). The quantitative estimate of drug-likeness (QED) is 0.629. The highest BCUT2D eigenvalue weighted by atomic mass is 79.9. The molecule has 0 aliphatic heterocycles. The maximum Gasteiger partial charge on any atom is 0.0704 e. The second kappa shape index (κ2) is 8.11. The zero-order valence-corrected chi connectivity index (χ0v) is 15.4. The van der Waals surface area contributed by atoms with E-state index in [4.69, 9.17) is 0 Å². The maximum atomic E-state index is 3.78. The molecule has 0 saturated heterocycles. The first kappa shape index (κ1) is 16.7. The van der Waals surface area contributed by atoms with Crippen molar-refractivity contribution < 1.29 is 0 Å². The molecule has 1 N–H and O–H groups in total. The molecule has 0 bridgehead atoms. The highest BCUT2D eigenvalue weighted by molar-refractivity contribution is 9.11. The van der Waals surface area contributed by atoms with Crippen molar-refractivity contribution in [2.75, 3.05) is 6.54 Å². The molecule has 0 spiro atoms. The van der Waals surface area contributed by atoms with Gasteiger partial charge >= 0.3 is 0 Å². The second-order valence-corrected chi connectivity index (χ2v) is 8.05. The smallest absolute Gasteiger partial charge is 0.0704 e. The monoisotopic (exact) mass is 365 g/mol. The van der Waals surface area contributed by atoms with Gasteiger partial charge in [0.2, 0.25) is 0 Å². The van der Waals surface area contributed by atoms with Gasteiger partial charge in [-0.2, -0.15) is 0 Å². The normalized spacial score (nSPS) is 14.1. The molecule has 21 heavy (non-hydrogen) atoms. The van der Waals surface area contributed by atoms with E-state index in [-0.39, 0.29) is 0 Å². The molecule has 1 aromatic carbocycles. The predicted molar refractivity (Wildman–Crippen MR) is 97.3 cm³/mol. The average Bonchev–Trinajstić information content (AvgIpc) is 2.83. The molecule has 1 heterocycles. The summed E-state index contributed by atoms with van der Waals surface area (Å²) in [5, 5.41) is 3.78. The minimum absolute atomic E-state index is 0.389. The first-order valence-electron chi connectivity index (χ1n) is 7.71. The molecule has 3 heteroatoms. The van der Waals surface area contributed by atoms with Crippen LogP contribution in [0.4, 0.5) is 0 Å². The Labute approximate surface area is 140 Å². The molecule has 1 aromatic heterocycles. The lowest BCUT2D eigenvalue weighted by Crippen LogP contribution is -2.28. The summed E-state index contributed by atoms with van der Waals surface area (Å²) in [6.45, 7) is 7.79. The molecule has 2 unspecified atom stereocenters. The Balaban J connectivity index is 2.36. The number of halogens is 1. The number of hydrogen-bond donors (Lipinski definition) is 1. The summed E-state index contributed by atoms with van der Waals surface area (Å²) in [5.74, 6) is 0.512. The molecule has 1 nitrogen and oxygen atoms in total. The molecule has 0 amide bonds. The predicted octanol–water partition coefficient (Wildman–Crippen LogP) is 6.05. The van der Waals surface area contributed by atoms with Crippen molar-refractivity contribution in [2.24, 2.45) is 0 Å². The van der Waals surface area contributed by atoms with Crippen molar-refractivity contribution in [3.63, 3.8) is 0 Å². The summed E-state index contributed by atoms with van der Waals surface area (Å²) in [7, 11) is 0. The van der Waals surface area contributed by atoms with Gasteiger partial charge in [0.1, 0.15) is 0 Å². The fourth-order valence-corrected chi connectivity index (χ4v) is 4.66. The topological polar surface area (TPSA) is 12.0 Å². The second-order valence-electron chi connectivity index (χ2n) is 5.42. The Bertz CT molecular complexity index is 550. The van der Waals surface area contributed by atoms with Crippen molar-refractivity contribution in [3.8, 4) is 0 Å². The van der Waals surface area contributed by atoms with Crippen LogP contribution in [-0.4, -0.2) is 6.54 Å². The van der Waals surface area contributed by atoms with E-state index in [0.29, 0.717) is 12.0 Å². The maximum absolute atomic E-state index is 3.78. The van der Waals surface area contributed by atoms with Gasteiger partial charge in [-0.05, 0) is 59.4 Å². The van der Waals surface area contributed by atoms with E-state index in [0.717, 1.165) is 19.4 Å². The van der Waals surface area contributed by atoms with Gasteiger partial charge in [0.25, 0.3) is 0 Å².